The van der Waals surface area contributed by atoms with E-state index in [1.165, 1.54) is 0 Å². The van der Waals surface area contributed by atoms with Crippen LogP contribution in [0.25, 0.3) is 22.2 Å². The van der Waals surface area contributed by atoms with Gasteiger partial charge in [-0.05, 0) is 26.0 Å². The fraction of sp³-hybridized carbons (Fsp3) is 0.200. The van der Waals surface area contributed by atoms with Gasteiger partial charge in [-0.15, -0.1) is 11.3 Å². The Labute approximate surface area is 116 Å². The number of aromatic nitrogens is 2. The lowest BCUT2D eigenvalue weighted by Gasteiger charge is -2.06. The maximum atomic E-state index is 6.03. The molecule has 3 rings (SSSR count). The predicted molar refractivity (Wildman–Crippen MR) is 80.2 cm³/mol. The number of nitrogens with zero attached hydrogens (tertiary/aromatic N) is 2. The van der Waals surface area contributed by atoms with E-state index in [0.29, 0.717) is 0 Å². The number of rotatable bonds is 2. The number of nitrogens with two attached hydrogens (primary N) is 1. The van der Waals surface area contributed by atoms with Crippen LogP contribution < -0.4 is 5.73 Å². The third-order valence-corrected chi connectivity index (χ3v) is 4.21. The summed E-state index contributed by atoms with van der Waals surface area (Å²) >= 11 is 1.66. The molecule has 0 radical (unpaired) electrons. The Bertz CT molecular complexity index is 731. The molecule has 96 valence electrons. The predicted octanol–water partition coefficient (Wildman–Crippen LogP) is 3.69. The number of hydrogen-bond donors (Lipinski definition) is 1. The summed E-state index contributed by atoms with van der Waals surface area (Å²) in [4.78, 5) is 10.2. The van der Waals surface area contributed by atoms with Crippen molar-refractivity contribution in [1.82, 2.24) is 9.97 Å². The lowest BCUT2D eigenvalue weighted by molar-refractivity contribution is 0.837. The molecule has 4 heteroatoms. The summed E-state index contributed by atoms with van der Waals surface area (Å²) in [5.41, 5.74) is 9.03. The third kappa shape index (κ3) is 2.25. The summed E-state index contributed by atoms with van der Waals surface area (Å²) in [6.45, 7) is 4.00. The summed E-state index contributed by atoms with van der Waals surface area (Å²) in [6, 6.07) is 10.2. The fourth-order valence-electron chi connectivity index (χ4n) is 2.16. The van der Waals surface area contributed by atoms with E-state index in [1.807, 2.05) is 38.2 Å². The Kier molecular flexibility index (Phi) is 3.05. The van der Waals surface area contributed by atoms with Gasteiger partial charge in [-0.3, -0.25) is 4.98 Å². The molecule has 0 saturated heterocycles. The minimum Gasteiger partial charge on any atom is -0.323 e. The SMILES string of the molecule is Cc1nc(-c2cnc3ccccc3c2)c(C(C)N)s1. The Morgan fingerprint density at radius 1 is 1.26 bits per heavy atom. The van der Waals surface area contributed by atoms with Gasteiger partial charge >= 0.3 is 0 Å². The van der Waals surface area contributed by atoms with Crippen LogP contribution in [0.4, 0.5) is 0 Å². The van der Waals surface area contributed by atoms with Gasteiger partial charge in [-0.1, -0.05) is 18.2 Å². The molecular formula is C15H15N3S. The van der Waals surface area contributed by atoms with Gasteiger partial charge in [0.15, 0.2) is 0 Å². The molecule has 19 heavy (non-hydrogen) atoms. The van der Waals surface area contributed by atoms with E-state index in [0.717, 1.165) is 32.0 Å². The third-order valence-electron chi connectivity index (χ3n) is 3.04. The van der Waals surface area contributed by atoms with Crippen molar-refractivity contribution in [2.75, 3.05) is 0 Å². The summed E-state index contributed by atoms with van der Waals surface area (Å²) in [6.07, 6.45) is 1.88. The van der Waals surface area contributed by atoms with Crippen molar-refractivity contribution in [2.45, 2.75) is 19.9 Å². The zero-order valence-corrected chi connectivity index (χ0v) is 11.7. The van der Waals surface area contributed by atoms with Gasteiger partial charge in [-0.2, -0.15) is 0 Å². The molecule has 2 aromatic heterocycles. The Hall–Kier alpha value is -1.78. The molecule has 2 N–H and O–H groups in total. The highest BCUT2D eigenvalue weighted by atomic mass is 32.1. The molecule has 1 unspecified atom stereocenters. The highest BCUT2D eigenvalue weighted by molar-refractivity contribution is 7.12. The van der Waals surface area contributed by atoms with Gasteiger partial charge < -0.3 is 5.73 Å². The van der Waals surface area contributed by atoms with Gasteiger partial charge in [0.2, 0.25) is 0 Å². The molecule has 0 saturated carbocycles. The smallest absolute Gasteiger partial charge is 0.0905 e. The summed E-state index contributed by atoms with van der Waals surface area (Å²) in [5.74, 6) is 0. The quantitative estimate of drug-likeness (QED) is 0.772. The van der Waals surface area contributed by atoms with Crippen molar-refractivity contribution in [3.63, 3.8) is 0 Å². The summed E-state index contributed by atoms with van der Waals surface area (Å²) < 4.78 is 0. The van der Waals surface area contributed by atoms with Gasteiger partial charge in [0.1, 0.15) is 0 Å². The Morgan fingerprint density at radius 2 is 2.05 bits per heavy atom. The molecule has 1 aromatic carbocycles. The van der Waals surface area contributed by atoms with Crippen LogP contribution >= 0.6 is 11.3 Å². The molecule has 3 nitrogen and oxygen atoms in total. The van der Waals surface area contributed by atoms with Crippen LogP contribution in [0.5, 0.6) is 0 Å². The summed E-state index contributed by atoms with van der Waals surface area (Å²) in [7, 11) is 0. The first-order chi connectivity index (χ1) is 9.15. The minimum absolute atomic E-state index is 0.00679. The maximum absolute atomic E-state index is 6.03. The maximum Gasteiger partial charge on any atom is 0.0905 e. The number of pyridine rings is 1. The van der Waals surface area contributed by atoms with Crippen LogP contribution in [0, 0.1) is 6.92 Å². The van der Waals surface area contributed by atoms with Gasteiger partial charge in [-0.25, -0.2) is 4.98 Å². The van der Waals surface area contributed by atoms with Crippen LogP contribution in [-0.4, -0.2) is 9.97 Å². The highest BCUT2D eigenvalue weighted by Gasteiger charge is 2.15. The van der Waals surface area contributed by atoms with Crippen molar-refractivity contribution >= 4 is 22.2 Å². The highest BCUT2D eigenvalue weighted by Crippen LogP contribution is 2.32. The molecule has 0 aliphatic rings. The van der Waals surface area contributed by atoms with Crippen molar-refractivity contribution in [3.8, 4) is 11.3 Å². The molecule has 0 aliphatic heterocycles. The topological polar surface area (TPSA) is 51.8 Å². The average molecular weight is 269 g/mol. The van der Waals surface area contributed by atoms with Crippen molar-refractivity contribution < 1.29 is 0 Å². The summed E-state index contributed by atoms with van der Waals surface area (Å²) in [5, 5.41) is 2.16. The number of benzene rings is 1. The first-order valence-corrected chi connectivity index (χ1v) is 7.05. The molecule has 0 bridgehead atoms. The van der Waals surface area contributed by atoms with E-state index in [-0.39, 0.29) is 6.04 Å². The molecule has 0 spiro atoms. The Balaban J connectivity index is 2.18. The fourth-order valence-corrected chi connectivity index (χ4v) is 3.06. The molecule has 3 aromatic rings. The van der Waals surface area contributed by atoms with Crippen LogP contribution in [0.15, 0.2) is 36.5 Å². The second kappa shape index (κ2) is 4.72. The standard InChI is InChI=1S/C15H15N3S/c1-9(16)15-14(18-10(2)19-15)12-7-11-5-3-4-6-13(11)17-8-12/h3-9H,16H2,1-2H3. The van der Waals surface area contributed by atoms with Gasteiger partial charge in [0, 0.05) is 28.1 Å². The first kappa shape index (κ1) is 12.3. The van der Waals surface area contributed by atoms with Crippen LogP contribution in [-0.2, 0) is 0 Å². The molecule has 2 heterocycles. The molecular weight excluding hydrogens is 254 g/mol. The van der Waals surface area contributed by atoms with E-state index in [9.17, 15) is 0 Å². The van der Waals surface area contributed by atoms with E-state index in [4.69, 9.17) is 5.73 Å². The number of para-hydroxylation sites is 1. The van der Waals surface area contributed by atoms with Crippen LogP contribution in [0.1, 0.15) is 22.9 Å². The molecule has 0 fully saturated rings. The second-order valence-corrected chi connectivity index (χ2v) is 5.89. The van der Waals surface area contributed by atoms with Crippen molar-refractivity contribution in [3.05, 3.63) is 46.4 Å². The average Bonchev–Trinajstić information content (AvgIpc) is 2.80. The van der Waals surface area contributed by atoms with Crippen LogP contribution in [0.3, 0.4) is 0 Å². The van der Waals surface area contributed by atoms with Crippen molar-refractivity contribution in [1.29, 1.82) is 0 Å². The van der Waals surface area contributed by atoms with Crippen LogP contribution in [0.2, 0.25) is 0 Å². The largest absolute Gasteiger partial charge is 0.323 e. The van der Waals surface area contributed by atoms with E-state index < -0.39 is 0 Å². The van der Waals surface area contributed by atoms with E-state index in [1.54, 1.807) is 11.3 Å². The van der Waals surface area contributed by atoms with Gasteiger partial charge in [0.25, 0.3) is 0 Å². The zero-order valence-electron chi connectivity index (χ0n) is 10.9. The second-order valence-electron chi connectivity index (χ2n) is 4.65. The molecule has 0 amide bonds. The monoisotopic (exact) mass is 269 g/mol. The number of hydrogen-bond acceptors (Lipinski definition) is 4. The minimum atomic E-state index is -0.00679. The Morgan fingerprint density at radius 3 is 2.84 bits per heavy atom. The lowest BCUT2D eigenvalue weighted by atomic mass is 10.1. The van der Waals surface area contributed by atoms with E-state index >= 15 is 0 Å². The lowest BCUT2D eigenvalue weighted by Crippen LogP contribution is -2.04. The normalized spacial score (nSPS) is 12.8. The first-order valence-electron chi connectivity index (χ1n) is 6.23. The van der Waals surface area contributed by atoms with Crippen molar-refractivity contribution in [2.24, 2.45) is 5.73 Å². The zero-order chi connectivity index (χ0) is 13.4. The van der Waals surface area contributed by atoms with E-state index in [2.05, 4.69) is 22.1 Å². The molecule has 1 atom stereocenters. The number of thiazole rings is 1. The number of fused-ring (bicyclic) bond motifs is 1. The molecule has 0 aliphatic carbocycles. The van der Waals surface area contributed by atoms with Gasteiger partial charge in [0.05, 0.1) is 16.2 Å². The number of aryl methyl sites for hydroxylation is 1.